The fourth-order valence-corrected chi connectivity index (χ4v) is 5.55. The summed E-state index contributed by atoms with van der Waals surface area (Å²) in [6.07, 6.45) is 3.45. The van der Waals surface area contributed by atoms with Crippen molar-refractivity contribution in [1.82, 2.24) is 20.5 Å². The number of carbonyl (C=O) groups excluding carboxylic acids is 2. The molecule has 2 aliphatic rings. The molecule has 12 heteroatoms. The highest BCUT2D eigenvalue weighted by molar-refractivity contribution is 6.06. The van der Waals surface area contributed by atoms with E-state index in [4.69, 9.17) is 19.5 Å². The van der Waals surface area contributed by atoms with Gasteiger partial charge in [0.25, 0.3) is 0 Å². The maximum atomic E-state index is 13.1. The minimum atomic E-state index is -0.456. The Morgan fingerprint density at radius 3 is 2.59 bits per heavy atom. The Morgan fingerprint density at radius 2 is 1.91 bits per heavy atom. The highest BCUT2D eigenvalue weighted by atomic mass is 16.5. The van der Waals surface area contributed by atoms with Crippen LogP contribution in [0.15, 0.2) is 42.6 Å². The maximum Gasteiger partial charge on any atom is 0.341 e. The number of urea groups is 1. The van der Waals surface area contributed by atoms with Crippen molar-refractivity contribution >= 4 is 34.3 Å². The number of rotatable bonds is 10. The number of aromatic nitrogens is 1. The second-order valence-electron chi connectivity index (χ2n) is 10.7. The van der Waals surface area contributed by atoms with Crippen LogP contribution in [0.1, 0.15) is 35.7 Å². The topological polar surface area (TPSA) is 141 Å². The van der Waals surface area contributed by atoms with E-state index in [9.17, 15) is 9.59 Å². The number of hydrogen-bond donors (Lipinski definition) is 3. The number of ether oxygens (including phenoxy) is 3. The number of benzene rings is 2. The monoisotopic (exact) mass is 601 g/mol. The van der Waals surface area contributed by atoms with Crippen LogP contribution in [0.5, 0.6) is 11.5 Å². The van der Waals surface area contributed by atoms with Gasteiger partial charge in [-0.15, -0.1) is 0 Å². The van der Waals surface area contributed by atoms with Gasteiger partial charge in [0.05, 0.1) is 43.2 Å². The van der Waals surface area contributed by atoms with Crippen LogP contribution in [0, 0.1) is 11.3 Å². The van der Waals surface area contributed by atoms with E-state index < -0.39 is 5.97 Å². The molecule has 232 valence electrons. The van der Waals surface area contributed by atoms with E-state index >= 15 is 0 Å². The van der Waals surface area contributed by atoms with Crippen molar-refractivity contribution in [3.63, 3.8) is 0 Å². The summed E-state index contributed by atoms with van der Waals surface area (Å²) < 4.78 is 17.2. The fraction of sp³-hybridized carbons (Fsp3) is 0.438. The summed E-state index contributed by atoms with van der Waals surface area (Å²) in [6, 6.07) is 12.8. The first kappa shape index (κ1) is 30.8. The van der Waals surface area contributed by atoms with Gasteiger partial charge in [-0.05, 0) is 50.1 Å². The average Bonchev–Trinajstić information content (AvgIpc) is 3.06. The molecule has 2 amide bonds. The molecule has 2 aromatic carbocycles. The van der Waals surface area contributed by atoms with Crippen LogP contribution in [-0.4, -0.2) is 94.1 Å². The summed E-state index contributed by atoms with van der Waals surface area (Å²) in [6.45, 7) is 7.37. The molecule has 0 bridgehead atoms. The first-order valence-corrected chi connectivity index (χ1v) is 15.1. The minimum absolute atomic E-state index is 0.224. The number of piperazine rings is 2. The SMILES string of the molecule is CCOC(=O)c1cnc2cc(OCCCC3CNCCN3)c(OC)cc2c1N1CCN(C(=O)Nc2ccc(C#N)cc2)CC1. The number of methoxy groups -OCH3 is 1. The van der Waals surface area contributed by atoms with E-state index in [1.165, 1.54) is 0 Å². The van der Waals surface area contributed by atoms with E-state index in [0.717, 1.165) is 37.9 Å². The van der Waals surface area contributed by atoms with Gasteiger partial charge in [-0.2, -0.15) is 5.26 Å². The summed E-state index contributed by atoms with van der Waals surface area (Å²) in [5, 5.41) is 19.6. The van der Waals surface area contributed by atoms with Crippen molar-refractivity contribution in [3.8, 4) is 17.6 Å². The number of amides is 2. The van der Waals surface area contributed by atoms with Crippen LogP contribution >= 0.6 is 0 Å². The molecule has 1 aromatic heterocycles. The first-order valence-electron chi connectivity index (χ1n) is 15.1. The van der Waals surface area contributed by atoms with Crippen LogP contribution < -0.4 is 30.3 Å². The molecule has 1 atom stereocenters. The molecule has 2 saturated heterocycles. The molecule has 5 rings (SSSR count). The predicted molar refractivity (Wildman–Crippen MR) is 168 cm³/mol. The van der Waals surface area contributed by atoms with E-state index in [1.807, 2.05) is 12.1 Å². The van der Waals surface area contributed by atoms with Crippen LogP contribution in [0.25, 0.3) is 10.9 Å². The van der Waals surface area contributed by atoms with Gasteiger partial charge < -0.3 is 40.0 Å². The first-order chi connectivity index (χ1) is 21.5. The lowest BCUT2D eigenvalue weighted by molar-refractivity contribution is 0.0526. The lowest BCUT2D eigenvalue weighted by Crippen LogP contribution is -2.50. The molecular weight excluding hydrogens is 562 g/mol. The molecule has 0 aliphatic carbocycles. The molecule has 0 radical (unpaired) electrons. The Balaban J connectivity index is 1.32. The third kappa shape index (κ3) is 7.30. The van der Waals surface area contributed by atoms with Gasteiger partial charge in [-0.1, -0.05) is 0 Å². The molecule has 12 nitrogen and oxygen atoms in total. The van der Waals surface area contributed by atoms with Crippen molar-refractivity contribution in [1.29, 1.82) is 5.26 Å². The number of carbonyl (C=O) groups is 2. The van der Waals surface area contributed by atoms with Gasteiger partial charge in [-0.3, -0.25) is 4.98 Å². The van der Waals surface area contributed by atoms with Crippen molar-refractivity contribution in [2.75, 3.05) is 76.4 Å². The van der Waals surface area contributed by atoms with Gasteiger partial charge in [0.1, 0.15) is 5.56 Å². The highest BCUT2D eigenvalue weighted by Gasteiger charge is 2.28. The molecule has 3 aromatic rings. The average molecular weight is 602 g/mol. The molecule has 0 spiro atoms. The van der Waals surface area contributed by atoms with Gasteiger partial charge in [0.15, 0.2) is 11.5 Å². The number of hydrogen-bond acceptors (Lipinski definition) is 10. The number of anilines is 2. The minimum Gasteiger partial charge on any atom is -0.493 e. The number of esters is 1. The molecule has 3 N–H and O–H groups in total. The molecule has 2 fully saturated rings. The number of nitriles is 1. The standard InChI is InChI=1S/C32H39N7O5/c1-3-43-31(40)26-21-36-27-18-29(44-16-4-5-24-20-34-10-11-35-24)28(42-2)17-25(27)30(26)38-12-14-39(15-13-38)32(41)37-23-8-6-22(19-33)7-9-23/h6-9,17-18,21,24,34-35H,3-5,10-16,20H2,1-2H3,(H,37,41). The molecule has 0 saturated carbocycles. The van der Waals surface area contributed by atoms with Crippen LogP contribution in [-0.2, 0) is 4.74 Å². The Hall–Kier alpha value is -4.60. The summed E-state index contributed by atoms with van der Waals surface area (Å²) in [4.78, 5) is 34.4. The number of nitrogens with one attached hydrogen (secondary N) is 3. The van der Waals surface area contributed by atoms with Gasteiger partial charge >= 0.3 is 12.0 Å². The van der Waals surface area contributed by atoms with Gasteiger partial charge in [0, 0.05) is 75.2 Å². The second kappa shape index (κ2) is 14.7. The highest BCUT2D eigenvalue weighted by Crippen LogP contribution is 2.38. The van der Waals surface area contributed by atoms with Crippen molar-refractivity contribution in [3.05, 3.63) is 53.7 Å². The zero-order valence-electron chi connectivity index (χ0n) is 25.2. The van der Waals surface area contributed by atoms with E-state index in [0.29, 0.717) is 78.3 Å². The van der Waals surface area contributed by atoms with Crippen LogP contribution in [0.4, 0.5) is 16.2 Å². The third-order valence-corrected chi connectivity index (χ3v) is 7.85. The number of pyridine rings is 1. The Kier molecular flexibility index (Phi) is 10.3. The van der Waals surface area contributed by atoms with E-state index in [-0.39, 0.29) is 12.6 Å². The summed E-state index contributed by atoms with van der Waals surface area (Å²) in [5.41, 5.74) is 2.87. The lowest BCUT2D eigenvalue weighted by Gasteiger charge is -2.37. The summed E-state index contributed by atoms with van der Waals surface area (Å²) in [5.74, 6) is 0.698. The smallest absolute Gasteiger partial charge is 0.341 e. The quantitative estimate of drug-likeness (QED) is 0.234. The number of fused-ring (bicyclic) bond motifs is 1. The summed E-state index contributed by atoms with van der Waals surface area (Å²) in [7, 11) is 1.60. The van der Waals surface area contributed by atoms with Crippen molar-refractivity contribution in [2.24, 2.45) is 0 Å². The zero-order valence-corrected chi connectivity index (χ0v) is 25.2. The molecular formula is C32H39N7O5. The van der Waals surface area contributed by atoms with Crippen molar-refractivity contribution in [2.45, 2.75) is 25.8 Å². The van der Waals surface area contributed by atoms with E-state index in [1.54, 1.807) is 49.4 Å². The van der Waals surface area contributed by atoms with E-state index in [2.05, 4.69) is 31.9 Å². The Morgan fingerprint density at radius 1 is 1.11 bits per heavy atom. The van der Waals surface area contributed by atoms with Gasteiger partial charge in [0.2, 0.25) is 0 Å². The number of nitrogens with zero attached hydrogens (tertiary/aromatic N) is 4. The fourth-order valence-electron chi connectivity index (χ4n) is 5.55. The maximum absolute atomic E-state index is 13.1. The van der Waals surface area contributed by atoms with Crippen molar-refractivity contribution < 1.29 is 23.8 Å². The zero-order chi connectivity index (χ0) is 30.9. The van der Waals surface area contributed by atoms with Gasteiger partial charge in [-0.25, -0.2) is 9.59 Å². The largest absolute Gasteiger partial charge is 0.493 e. The third-order valence-electron chi connectivity index (χ3n) is 7.85. The van der Waals surface area contributed by atoms with Crippen LogP contribution in [0.2, 0.25) is 0 Å². The Labute approximate surface area is 257 Å². The Bertz CT molecular complexity index is 1490. The second-order valence-corrected chi connectivity index (χ2v) is 10.7. The molecule has 2 aliphatic heterocycles. The summed E-state index contributed by atoms with van der Waals surface area (Å²) >= 11 is 0. The molecule has 44 heavy (non-hydrogen) atoms. The molecule has 1 unspecified atom stereocenters. The lowest BCUT2D eigenvalue weighted by atomic mass is 10.1. The van der Waals surface area contributed by atoms with Crippen LogP contribution in [0.3, 0.4) is 0 Å². The molecule has 3 heterocycles. The predicted octanol–water partition coefficient (Wildman–Crippen LogP) is 3.37. The normalized spacial score (nSPS) is 16.7.